The number of hydrogen-bond donors (Lipinski definition) is 2. The van der Waals surface area contributed by atoms with Crippen LogP contribution in [0.4, 0.5) is 0 Å². The number of nitrogens with one attached hydrogen (secondary N) is 2. The summed E-state index contributed by atoms with van der Waals surface area (Å²) in [5.41, 5.74) is 2.29. The maximum absolute atomic E-state index is 4.47. The predicted molar refractivity (Wildman–Crippen MR) is 96.5 cm³/mol. The summed E-state index contributed by atoms with van der Waals surface area (Å²) in [6.45, 7) is 6.69. The molecule has 120 valence electrons. The number of halogens is 1. The third kappa shape index (κ3) is 5.14. The third-order valence-electron chi connectivity index (χ3n) is 3.22. The summed E-state index contributed by atoms with van der Waals surface area (Å²) in [7, 11) is 1.79. The Labute approximate surface area is 144 Å². The Morgan fingerprint density at radius 1 is 1.36 bits per heavy atom. The van der Waals surface area contributed by atoms with Crippen LogP contribution in [-0.4, -0.2) is 29.3 Å². The quantitative estimate of drug-likeness (QED) is 0.457. The summed E-state index contributed by atoms with van der Waals surface area (Å²) >= 11 is 5.19. The SMILES string of the molecule is CN=C(NCCCn1nc(C)cc1C)NCc1cc(Br)cs1. The highest BCUT2D eigenvalue weighted by Gasteiger charge is 2.02. The van der Waals surface area contributed by atoms with Gasteiger partial charge in [-0.3, -0.25) is 9.67 Å². The average Bonchev–Trinajstić information content (AvgIpc) is 3.03. The number of aryl methyl sites for hydroxylation is 3. The second-order valence-electron chi connectivity index (χ2n) is 5.09. The molecule has 0 fully saturated rings. The minimum absolute atomic E-state index is 0.785. The summed E-state index contributed by atoms with van der Waals surface area (Å²) in [6.07, 6.45) is 1.01. The fourth-order valence-electron chi connectivity index (χ4n) is 2.17. The van der Waals surface area contributed by atoms with Crippen LogP contribution in [0.15, 0.2) is 27.0 Å². The first-order chi connectivity index (χ1) is 10.6. The summed E-state index contributed by atoms with van der Waals surface area (Å²) in [5.74, 6) is 0.831. The van der Waals surface area contributed by atoms with Crippen molar-refractivity contribution in [1.82, 2.24) is 20.4 Å². The van der Waals surface area contributed by atoms with E-state index in [2.05, 4.69) is 65.8 Å². The van der Waals surface area contributed by atoms with Crippen LogP contribution in [0.25, 0.3) is 0 Å². The predicted octanol–water partition coefficient (Wildman–Crippen LogP) is 3.08. The molecule has 2 aromatic heterocycles. The van der Waals surface area contributed by atoms with E-state index >= 15 is 0 Å². The largest absolute Gasteiger partial charge is 0.356 e. The molecule has 0 spiro atoms. The monoisotopic (exact) mass is 383 g/mol. The van der Waals surface area contributed by atoms with Gasteiger partial charge in [0.25, 0.3) is 0 Å². The van der Waals surface area contributed by atoms with Crippen molar-refractivity contribution < 1.29 is 0 Å². The molecule has 2 rings (SSSR count). The molecule has 2 N–H and O–H groups in total. The summed E-state index contributed by atoms with van der Waals surface area (Å²) in [4.78, 5) is 5.52. The molecule has 0 radical (unpaired) electrons. The molecule has 0 aliphatic rings. The molecule has 0 atom stereocenters. The third-order valence-corrected chi connectivity index (χ3v) is 4.92. The zero-order chi connectivity index (χ0) is 15.9. The Hall–Kier alpha value is -1.34. The number of guanidine groups is 1. The molecule has 5 nitrogen and oxygen atoms in total. The molecular weight excluding hydrogens is 362 g/mol. The highest BCUT2D eigenvalue weighted by Crippen LogP contribution is 2.19. The lowest BCUT2D eigenvalue weighted by Gasteiger charge is -2.11. The second kappa shape index (κ2) is 8.33. The zero-order valence-electron chi connectivity index (χ0n) is 13.2. The number of nitrogens with zero attached hydrogens (tertiary/aromatic N) is 3. The first-order valence-corrected chi connectivity index (χ1v) is 8.94. The van der Waals surface area contributed by atoms with Crippen LogP contribution in [-0.2, 0) is 13.1 Å². The first-order valence-electron chi connectivity index (χ1n) is 7.27. The van der Waals surface area contributed by atoms with Crippen molar-refractivity contribution >= 4 is 33.2 Å². The molecule has 0 saturated carbocycles. The summed E-state index contributed by atoms with van der Waals surface area (Å²) in [6, 6.07) is 4.22. The molecule has 0 aliphatic heterocycles. The fraction of sp³-hybridized carbons (Fsp3) is 0.467. The molecule has 7 heteroatoms. The number of rotatable bonds is 6. The van der Waals surface area contributed by atoms with Crippen LogP contribution >= 0.6 is 27.3 Å². The molecule has 0 unspecified atom stereocenters. The van der Waals surface area contributed by atoms with Crippen LogP contribution in [0.5, 0.6) is 0 Å². The molecular formula is C15H22BrN5S. The molecule has 0 bridgehead atoms. The van der Waals surface area contributed by atoms with Crippen LogP contribution in [0.1, 0.15) is 22.7 Å². The van der Waals surface area contributed by atoms with E-state index in [1.165, 1.54) is 10.6 Å². The van der Waals surface area contributed by atoms with E-state index in [1.54, 1.807) is 18.4 Å². The Morgan fingerprint density at radius 2 is 2.18 bits per heavy atom. The molecule has 2 heterocycles. The van der Waals surface area contributed by atoms with Crippen LogP contribution in [0.3, 0.4) is 0 Å². The van der Waals surface area contributed by atoms with Crippen molar-refractivity contribution in [1.29, 1.82) is 0 Å². The number of hydrogen-bond acceptors (Lipinski definition) is 3. The van der Waals surface area contributed by atoms with Gasteiger partial charge in [0.15, 0.2) is 5.96 Å². The van der Waals surface area contributed by atoms with Gasteiger partial charge in [0.2, 0.25) is 0 Å². The van der Waals surface area contributed by atoms with E-state index in [0.717, 1.165) is 42.2 Å². The van der Waals surface area contributed by atoms with Crippen molar-refractivity contribution in [2.45, 2.75) is 33.4 Å². The van der Waals surface area contributed by atoms with Gasteiger partial charge in [0.1, 0.15) is 0 Å². The van der Waals surface area contributed by atoms with Gasteiger partial charge in [-0.1, -0.05) is 0 Å². The van der Waals surface area contributed by atoms with Gasteiger partial charge in [0.05, 0.1) is 12.2 Å². The van der Waals surface area contributed by atoms with Gasteiger partial charge in [-0.25, -0.2) is 0 Å². The molecule has 2 aromatic rings. The van der Waals surface area contributed by atoms with Crippen LogP contribution < -0.4 is 10.6 Å². The summed E-state index contributed by atoms with van der Waals surface area (Å²) in [5, 5.41) is 13.2. The average molecular weight is 384 g/mol. The number of aromatic nitrogens is 2. The molecule has 0 amide bonds. The molecule has 0 saturated heterocycles. The lowest BCUT2D eigenvalue weighted by atomic mass is 10.4. The standard InChI is InChI=1S/C15H22BrN5S/c1-11-7-12(2)21(20-11)6-4-5-18-15(17-3)19-9-14-8-13(16)10-22-14/h7-8,10H,4-6,9H2,1-3H3,(H2,17,18,19). The minimum Gasteiger partial charge on any atom is -0.356 e. The van der Waals surface area contributed by atoms with E-state index in [1.807, 2.05) is 6.92 Å². The Kier molecular flexibility index (Phi) is 6.45. The Bertz CT molecular complexity index is 632. The van der Waals surface area contributed by atoms with E-state index < -0.39 is 0 Å². The van der Waals surface area contributed by atoms with E-state index in [9.17, 15) is 0 Å². The van der Waals surface area contributed by atoms with E-state index in [4.69, 9.17) is 0 Å². The lowest BCUT2D eigenvalue weighted by Crippen LogP contribution is -2.37. The van der Waals surface area contributed by atoms with Crippen LogP contribution in [0.2, 0.25) is 0 Å². The normalized spacial score (nSPS) is 11.7. The maximum Gasteiger partial charge on any atom is 0.191 e. The van der Waals surface area contributed by atoms with Crippen molar-refractivity contribution in [3.05, 3.63) is 38.3 Å². The fourth-order valence-corrected chi connectivity index (χ4v) is 3.57. The molecule has 0 aromatic carbocycles. The zero-order valence-corrected chi connectivity index (χ0v) is 15.6. The van der Waals surface area contributed by atoms with Gasteiger partial charge >= 0.3 is 0 Å². The lowest BCUT2D eigenvalue weighted by molar-refractivity contribution is 0.555. The smallest absolute Gasteiger partial charge is 0.191 e. The van der Waals surface area contributed by atoms with Crippen molar-refractivity contribution in [3.8, 4) is 0 Å². The molecule has 22 heavy (non-hydrogen) atoms. The topological polar surface area (TPSA) is 54.2 Å². The number of aliphatic imine (C=N–C) groups is 1. The second-order valence-corrected chi connectivity index (χ2v) is 7.00. The van der Waals surface area contributed by atoms with E-state index in [0.29, 0.717) is 0 Å². The highest BCUT2D eigenvalue weighted by molar-refractivity contribution is 9.10. The van der Waals surface area contributed by atoms with Crippen molar-refractivity contribution in [2.24, 2.45) is 4.99 Å². The van der Waals surface area contributed by atoms with Gasteiger partial charge in [0, 0.05) is 40.6 Å². The van der Waals surface area contributed by atoms with Crippen LogP contribution in [0, 0.1) is 13.8 Å². The maximum atomic E-state index is 4.47. The Morgan fingerprint density at radius 3 is 2.77 bits per heavy atom. The van der Waals surface area contributed by atoms with E-state index in [-0.39, 0.29) is 0 Å². The highest BCUT2D eigenvalue weighted by atomic mass is 79.9. The summed E-state index contributed by atoms with van der Waals surface area (Å²) < 4.78 is 3.18. The van der Waals surface area contributed by atoms with Crippen molar-refractivity contribution in [3.63, 3.8) is 0 Å². The van der Waals surface area contributed by atoms with Gasteiger partial charge < -0.3 is 10.6 Å². The van der Waals surface area contributed by atoms with Crippen molar-refractivity contribution in [2.75, 3.05) is 13.6 Å². The van der Waals surface area contributed by atoms with Gasteiger partial charge in [-0.2, -0.15) is 5.10 Å². The minimum atomic E-state index is 0.785. The number of thiophene rings is 1. The Balaban J connectivity index is 1.69. The molecule has 0 aliphatic carbocycles. The van der Waals surface area contributed by atoms with Gasteiger partial charge in [-0.15, -0.1) is 11.3 Å². The van der Waals surface area contributed by atoms with Gasteiger partial charge in [-0.05, 0) is 48.3 Å². The first kappa shape index (κ1) is 17.0.